The third-order valence-electron chi connectivity index (χ3n) is 3.59. The van der Waals surface area contributed by atoms with Crippen LogP contribution in [0.5, 0.6) is 0 Å². The molecule has 0 unspecified atom stereocenters. The molecule has 0 amide bonds. The highest BCUT2D eigenvalue weighted by atomic mass is 16.4. The van der Waals surface area contributed by atoms with E-state index in [4.69, 9.17) is 5.11 Å². The van der Waals surface area contributed by atoms with E-state index in [9.17, 15) is 4.79 Å². The van der Waals surface area contributed by atoms with Crippen molar-refractivity contribution in [2.24, 2.45) is 0 Å². The first-order valence-electron chi connectivity index (χ1n) is 8.95. The van der Waals surface area contributed by atoms with Crippen LogP contribution in [-0.2, 0) is 4.79 Å². The standard InChI is InChI=1S/C20H32O2/c1-2-3-4-5-6-7-8-9-10-11-12-13-14-15-16-17-18-19-20(21)22/h2-10,15-19H2,1H3,(H,21,22). The summed E-state index contributed by atoms with van der Waals surface area (Å²) in [5, 5.41) is 8.49. The number of hydrogen-bond acceptors (Lipinski definition) is 1. The molecule has 22 heavy (non-hydrogen) atoms. The third kappa shape index (κ3) is 18.6. The zero-order valence-corrected chi connectivity index (χ0v) is 14.3. The highest BCUT2D eigenvalue weighted by Crippen LogP contribution is 2.09. The minimum Gasteiger partial charge on any atom is -0.481 e. The first kappa shape index (κ1) is 20.6. The van der Waals surface area contributed by atoms with Gasteiger partial charge >= 0.3 is 5.97 Å². The minimum absolute atomic E-state index is 0.270. The van der Waals surface area contributed by atoms with Gasteiger partial charge in [0.2, 0.25) is 0 Å². The van der Waals surface area contributed by atoms with Crippen molar-refractivity contribution >= 4 is 5.97 Å². The first-order chi connectivity index (χ1) is 10.8. The fraction of sp³-hybridized carbons (Fsp3) is 0.750. The van der Waals surface area contributed by atoms with Crippen molar-refractivity contribution in [1.82, 2.24) is 0 Å². The molecule has 124 valence electrons. The second kappa shape index (κ2) is 17.6. The van der Waals surface area contributed by atoms with E-state index in [1.54, 1.807) is 0 Å². The molecule has 1 N–H and O–H groups in total. The largest absolute Gasteiger partial charge is 0.481 e. The number of rotatable bonds is 13. The van der Waals surface area contributed by atoms with Gasteiger partial charge in [-0.25, -0.2) is 0 Å². The van der Waals surface area contributed by atoms with Crippen LogP contribution >= 0.6 is 0 Å². The van der Waals surface area contributed by atoms with Gasteiger partial charge < -0.3 is 5.11 Å². The monoisotopic (exact) mass is 304 g/mol. The summed E-state index contributed by atoms with van der Waals surface area (Å²) in [4.78, 5) is 10.3. The van der Waals surface area contributed by atoms with Crippen LogP contribution in [-0.4, -0.2) is 11.1 Å². The first-order valence-corrected chi connectivity index (χ1v) is 8.95. The zero-order valence-electron chi connectivity index (χ0n) is 14.3. The summed E-state index contributed by atoms with van der Waals surface area (Å²) in [6.45, 7) is 2.25. The molecule has 0 fully saturated rings. The van der Waals surface area contributed by atoms with E-state index in [-0.39, 0.29) is 6.42 Å². The van der Waals surface area contributed by atoms with Crippen molar-refractivity contribution in [2.45, 2.75) is 96.8 Å². The highest BCUT2D eigenvalue weighted by molar-refractivity contribution is 5.66. The van der Waals surface area contributed by atoms with E-state index in [0.29, 0.717) is 0 Å². The average molecular weight is 304 g/mol. The van der Waals surface area contributed by atoms with Crippen molar-refractivity contribution in [3.8, 4) is 23.7 Å². The summed E-state index contributed by atoms with van der Waals surface area (Å²) in [6.07, 6.45) is 15.4. The number of aliphatic carboxylic acids is 1. The molecular weight excluding hydrogens is 272 g/mol. The molecule has 0 spiro atoms. The second-order valence-electron chi connectivity index (χ2n) is 5.78. The number of carboxylic acids is 1. The van der Waals surface area contributed by atoms with Gasteiger partial charge in [-0.3, -0.25) is 4.79 Å². The number of carboxylic acid groups (broad SMARTS) is 1. The van der Waals surface area contributed by atoms with Crippen LogP contribution in [0.3, 0.4) is 0 Å². The molecule has 0 saturated carbocycles. The Bertz CT molecular complexity index is 376. The Hall–Kier alpha value is -1.41. The molecule has 0 aromatic heterocycles. The Morgan fingerprint density at radius 1 is 0.727 bits per heavy atom. The Morgan fingerprint density at radius 3 is 1.68 bits per heavy atom. The van der Waals surface area contributed by atoms with Crippen molar-refractivity contribution in [3.63, 3.8) is 0 Å². The third-order valence-corrected chi connectivity index (χ3v) is 3.59. The second-order valence-corrected chi connectivity index (χ2v) is 5.78. The van der Waals surface area contributed by atoms with Crippen molar-refractivity contribution in [3.05, 3.63) is 0 Å². The summed E-state index contributed by atoms with van der Waals surface area (Å²) in [6, 6.07) is 0. The molecule has 2 heteroatoms. The molecule has 0 radical (unpaired) electrons. The van der Waals surface area contributed by atoms with Gasteiger partial charge in [0.1, 0.15) is 0 Å². The van der Waals surface area contributed by atoms with E-state index >= 15 is 0 Å². The van der Waals surface area contributed by atoms with E-state index in [2.05, 4.69) is 30.6 Å². The maximum Gasteiger partial charge on any atom is 0.303 e. The molecule has 0 atom stereocenters. The molecule has 0 aromatic carbocycles. The summed E-state index contributed by atoms with van der Waals surface area (Å²) in [7, 11) is 0. The molecule has 0 aliphatic heterocycles. The molecule has 0 aliphatic carbocycles. The lowest BCUT2D eigenvalue weighted by Crippen LogP contribution is -1.93. The predicted octanol–water partition coefficient (Wildman–Crippen LogP) is 5.56. The lowest BCUT2D eigenvalue weighted by atomic mass is 10.1. The molecule has 0 aliphatic rings. The Labute approximate surface area is 137 Å². The van der Waals surface area contributed by atoms with Crippen LogP contribution in [0.4, 0.5) is 0 Å². The maximum atomic E-state index is 10.3. The fourth-order valence-corrected chi connectivity index (χ4v) is 2.23. The van der Waals surface area contributed by atoms with Gasteiger partial charge in [0.05, 0.1) is 0 Å². The van der Waals surface area contributed by atoms with Gasteiger partial charge in [-0.15, -0.1) is 0 Å². The Balaban J connectivity index is 3.28. The van der Waals surface area contributed by atoms with Gasteiger partial charge in [-0.2, -0.15) is 0 Å². The van der Waals surface area contributed by atoms with E-state index < -0.39 is 5.97 Å². The Morgan fingerprint density at radius 2 is 1.18 bits per heavy atom. The van der Waals surface area contributed by atoms with E-state index in [0.717, 1.165) is 32.1 Å². The Kier molecular flexibility index (Phi) is 16.5. The van der Waals surface area contributed by atoms with Crippen molar-refractivity contribution in [1.29, 1.82) is 0 Å². The summed E-state index contributed by atoms with van der Waals surface area (Å²) < 4.78 is 0. The topological polar surface area (TPSA) is 37.3 Å². The van der Waals surface area contributed by atoms with Gasteiger partial charge in [0.15, 0.2) is 0 Å². The maximum absolute atomic E-state index is 10.3. The molecular formula is C20H32O2. The predicted molar refractivity (Wildman–Crippen MR) is 93.5 cm³/mol. The smallest absolute Gasteiger partial charge is 0.303 e. The van der Waals surface area contributed by atoms with Crippen LogP contribution in [0.25, 0.3) is 0 Å². The van der Waals surface area contributed by atoms with Crippen LogP contribution in [0, 0.1) is 23.7 Å². The van der Waals surface area contributed by atoms with E-state index in [1.807, 2.05) is 0 Å². The van der Waals surface area contributed by atoms with Crippen molar-refractivity contribution < 1.29 is 9.90 Å². The fourth-order valence-electron chi connectivity index (χ4n) is 2.23. The van der Waals surface area contributed by atoms with Crippen LogP contribution in [0.15, 0.2) is 0 Å². The quantitative estimate of drug-likeness (QED) is 0.357. The van der Waals surface area contributed by atoms with Crippen LogP contribution < -0.4 is 0 Å². The minimum atomic E-state index is -0.710. The molecule has 0 bridgehead atoms. The summed E-state index contributed by atoms with van der Waals surface area (Å²) in [5.74, 6) is 11.2. The average Bonchev–Trinajstić information content (AvgIpc) is 2.50. The SMILES string of the molecule is CCCCCCCCCCC#CC#CCCCCCC(=O)O. The normalized spacial score (nSPS) is 9.50. The summed E-state index contributed by atoms with van der Waals surface area (Å²) in [5.41, 5.74) is 0. The zero-order chi connectivity index (χ0) is 16.3. The number of carbonyl (C=O) groups is 1. The lowest BCUT2D eigenvalue weighted by molar-refractivity contribution is -0.137. The highest BCUT2D eigenvalue weighted by Gasteiger charge is 1.94. The molecule has 0 rings (SSSR count). The molecule has 0 saturated heterocycles. The summed E-state index contributed by atoms with van der Waals surface area (Å²) >= 11 is 0. The molecule has 2 nitrogen and oxygen atoms in total. The number of hydrogen-bond donors (Lipinski definition) is 1. The van der Waals surface area contributed by atoms with Crippen LogP contribution in [0.1, 0.15) is 96.8 Å². The van der Waals surface area contributed by atoms with Gasteiger partial charge in [-0.05, 0) is 31.1 Å². The van der Waals surface area contributed by atoms with Gasteiger partial charge in [-0.1, -0.05) is 70.1 Å². The van der Waals surface area contributed by atoms with Crippen LogP contribution in [0.2, 0.25) is 0 Å². The van der Waals surface area contributed by atoms with Gasteiger partial charge in [0, 0.05) is 19.3 Å². The number of unbranched alkanes of at least 4 members (excludes halogenated alkanes) is 11. The molecule has 0 heterocycles. The van der Waals surface area contributed by atoms with Gasteiger partial charge in [0.25, 0.3) is 0 Å². The lowest BCUT2D eigenvalue weighted by Gasteiger charge is -1.98. The van der Waals surface area contributed by atoms with Crippen molar-refractivity contribution in [2.75, 3.05) is 0 Å². The molecule has 0 aromatic rings. The van der Waals surface area contributed by atoms with E-state index in [1.165, 1.54) is 51.4 Å².